The van der Waals surface area contributed by atoms with Crippen LogP contribution >= 0.6 is 0 Å². The molecular formula is C31H31F4N5O2. The maximum atomic E-state index is 15.3. The third-order valence-corrected chi connectivity index (χ3v) is 8.80. The summed E-state index contributed by atoms with van der Waals surface area (Å²) in [7, 11) is 0. The van der Waals surface area contributed by atoms with E-state index in [-0.39, 0.29) is 34.8 Å². The molecule has 2 aromatic carbocycles. The van der Waals surface area contributed by atoms with E-state index in [9.17, 15) is 23.1 Å². The molecule has 2 aromatic heterocycles. The number of carbonyl (C=O) groups is 1. The molecule has 0 radical (unpaired) electrons. The average Bonchev–Trinajstić information content (AvgIpc) is 3.46. The molecule has 220 valence electrons. The van der Waals surface area contributed by atoms with Gasteiger partial charge in [-0.3, -0.25) is 9.20 Å². The quantitative estimate of drug-likeness (QED) is 0.293. The number of amides is 1. The first-order valence-corrected chi connectivity index (χ1v) is 13.8. The minimum atomic E-state index is -4.55. The van der Waals surface area contributed by atoms with Gasteiger partial charge in [-0.05, 0) is 49.4 Å². The fourth-order valence-electron chi connectivity index (χ4n) is 6.49. The van der Waals surface area contributed by atoms with Crippen molar-refractivity contribution in [3.63, 3.8) is 0 Å². The van der Waals surface area contributed by atoms with Crippen molar-refractivity contribution >= 4 is 17.2 Å². The van der Waals surface area contributed by atoms with Crippen molar-refractivity contribution in [2.24, 2.45) is 5.41 Å². The van der Waals surface area contributed by atoms with E-state index in [1.165, 1.54) is 23.5 Å². The largest absolute Gasteiger partial charge is 0.416 e. The van der Waals surface area contributed by atoms with Gasteiger partial charge in [-0.15, -0.1) is 0 Å². The van der Waals surface area contributed by atoms with Gasteiger partial charge in [0, 0.05) is 29.5 Å². The number of aromatic nitrogens is 3. The molecule has 6 rings (SSSR count). The summed E-state index contributed by atoms with van der Waals surface area (Å²) >= 11 is 0. The Balaban J connectivity index is 1.38. The van der Waals surface area contributed by atoms with Crippen LogP contribution in [0.3, 0.4) is 0 Å². The molecule has 7 nitrogen and oxygen atoms in total. The summed E-state index contributed by atoms with van der Waals surface area (Å²) in [6.45, 7) is 5.75. The third kappa shape index (κ3) is 4.50. The summed E-state index contributed by atoms with van der Waals surface area (Å²) in [6.07, 6.45) is -1.21. The van der Waals surface area contributed by atoms with Crippen molar-refractivity contribution in [1.82, 2.24) is 19.3 Å². The van der Waals surface area contributed by atoms with E-state index in [2.05, 4.69) is 4.98 Å². The molecule has 0 saturated carbocycles. The van der Waals surface area contributed by atoms with E-state index in [4.69, 9.17) is 10.7 Å². The van der Waals surface area contributed by atoms with Gasteiger partial charge < -0.3 is 15.7 Å². The number of hydrogen-bond donors (Lipinski definition) is 2. The molecule has 2 aliphatic heterocycles. The first-order chi connectivity index (χ1) is 19.7. The van der Waals surface area contributed by atoms with Crippen LogP contribution in [0.2, 0.25) is 0 Å². The second kappa shape index (κ2) is 9.52. The van der Waals surface area contributed by atoms with Crippen molar-refractivity contribution in [1.29, 1.82) is 0 Å². The number of fused-ring (bicyclic) bond motifs is 2. The number of imidazole rings is 1. The number of nitrogen functional groups attached to an aromatic ring is 1. The summed E-state index contributed by atoms with van der Waals surface area (Å²) in [4.78, 5) is 23.8. The number of carbonyl (C=O) groups excluding carboxylic acids is 1. The maximum absolute atomic E-state index is 15.3. The molecule has 2 fully saturated rings. The zero-order valence-corrected chi connectivity index (χ0v) is 23.4. The molecular weight excluding hydrogens is 550 g/mol. The number of piperidine rings is 1. The summed E-state index contributed by atoms with van der Waals surface area (Å²) in [5, 5.41) is 11.3. The van der Waals surface area contributed by atoms with E-state index in [0.717, 1.165) is 37.6 Å². The number of anilines is 1. The standard InChI is InChI=1S/C31H31F4N5O2/c1-29(2)14-22-12-9-18(16-39(22)28(29)41)27-38-24(25-26(36)37-15-23(32)40(25)27)17-7-10-19(11-8-17)30(3,42)20-5-4-6-21(13-20)31(33,34)35/h4-8,10-11,13,15,18,22,42H,9,12,14,16H2,1-3H3,(H2,36,37)/t18-,22+,30?/m1/s1. The molecule has 42 heavy (non-hydrogen) atoms. The van der Waals surface area contributed by atoms with E-state index in [1.54, 1.807) is 24.3 Å². The highest BCUT2D eigenvalue weighted by Gasteiger charge is 2.48. The van der Waals surface area contributed by atoms with E-state index in [1.807, 2.05) is 18.7 Å². The van der Waals surface area contributed by atoms with Crippen LogP contribution in [0.25, 0.3) is 16.8 Å². The number of nitrogens with two attached hydrogens (primary N) is 1. The molecule has 4 aromatic rings. The number of rotatable bonds is 4. The van der Waals surface area contributed by atoms with Gasteiger partial charge in [0.1, 0.15) is 28.5 Å². The Hall–Kier alpha value is -3.99. The smallest absolute Gasteiger partial charge is 0.382 e. The Labute approximate surface area is 240 Å². The van der Waals surface area contributed by atoms with Crippen LogP contribution in [-0.2, 0) is 16.6 Å². The molecule has 0 spiro atoms. The van der Waals surface area contributed by atoms with E-state index < -0.39 is 28.7 Å². The fraction of sp³-hybridized carbons (Fsp3) is 0.387. The van der Waals surface area contributed by atoms with Crippen LogP contribution in [0.5, 0.6) is 0 Å². The van der Waals surface area contributed by atoms with Gasteiger partial charge in [0.2, 0.25) is 11.9 Å². The summed E-state index contributed by atoms with van der Waals surface area (Å²) in [6, 6.07) is 11.3. The van der Waals surface area contributed by atoms with Crippen molar-refractivity contribution in [3.05, 3.63) is 83.2 Å². The summed E-state index contributed by atoms with van der Waals surface area (Å²) in [5.41, 5.74) is 4.92. The number of hydrogen-bond acceptors (Lipinski definition) is 5. The first kappa shape index (κ1) is 28.1. The molecule has 11 heteroatoms. The first-order valence-electron chi connectivity index (χ1n) is 13.8. The molecule has 0 aliphatic carbocycles. The van der Waals surface area contributed by atoms with Crippen LogP contribution < -0.4 is 5.73 Å². The summed E-state index contributed by atoms with van der Waals surface area (Å²) < 4.78 is 56.5. The van der Waals surface area contributed by atoms with Crippen LogP contribution in [-0.4, -0.2) is 42.9 Å². The third-order valence-electron chi connectivity index (χ3n) is 8.80. The average molecular weight is 582 g/mol. The Morgan fingerprint density at radius 3 is 2.43 bits per heavy atom. The van der Waals surface area contributed by atoms with Crippen molar-refractivity contribution < 1.29 is 27.5 Å². The Morgan fingerprint density at radius 1 is 1.05 bits per heavy atom. The second-order valence-corrected chi connectivity index (χ2v) is 12.2. The molecule has 1 unspecified atom stereocenters. The highest BCUT2D eigenvalue weighted by atomic mass is 19.4. The lowest BCUT2D eigenvalue weighted by atomic mass is 9.86. The van der Waals surface area contributed by atoms with Gasteiger partial charge in [-0.2, -0.15) is 17.6 Å². The van der Waals surface area contributed by atoms with Crippen LogP contribution in [0, 0.1) is 11.4 Å². The zero-order valence-electron chi connectivity index (χ0n) is 23.4. The molecule has 0 bridgehead atoms. The monoisotopic (exact) mass is 581 g/mol. The van der Waals surface area contributed by atoms with Crippen molar-refractivity contribution in [2.45, 2.75) is 63.8 Å². The minimum absolute atomic E-state index is 0.0808. The van der Waals surface area contributed by atoms with E-state index >= 15 is 4.39 Å². The van der Waals surface area contributed by atoms with Gasteiger partial charge in [0.25, 0.3) is 0 Å². The Morgan fingerprint density at radius 2 is 1.74 bits per heavy atom. The van der Waals surface area contributed by atoms with Crippen LogP contribution in [0.1, 0.15) is 68.5 Å². The number of benzene rings is 2. The second-order valence-electron chi connectivity index (χ2n) is 12.2. The zero-order chi connectivity index (χ0) is 30.2. The molecule has 2 aliphatic rings. The molecule has 3 N–H and O–H groups in total. The molecule has 3 atom stereocenters. The predicted molar refractivity (Wildman–Crippen MR) is 149 cm³/mol. The highest BCUT2D eigenvalue weighted by Crippen LogP contribution is 2.44. The predicted octanol–water partition coefficient (Wildman–Crippen LogP) is 5.90. The van der Waals surface area contributed by atoms with E-state index in [0.29, 0.717) is 29.2 Å². The minimum Gasteiger partial charge on any atom is -0.382 e. The van der Waals surface area contributed by atoms with Crippen LogP contribution in [0.4, 0.5) is 23.4 Å². The Bertz CT molecular complexity index is 1690. The number of nitrogens with zero attached hydrogens (tertiary/aromatic N) is 4. The number of alkyl halides is 3. The fourth-order valence-corrected chi connectivity index (χ4v) is 6.49. The van der Waals surface area contributed by atoms with Gasteiger partial charge in [0.15, 0.2) is 0 Å². The molecule has 2 saturated heterocycles. The number of halogens is 4. The van der Waals surface area contributed by atoms with Crippen molar-refractivity contribution in [3.8, 4) is 11.3 Å². The Kier molecular flexibility index (Phi) is 6.38. The topological polar surface area (TPSA) is 96.8 Å². The summed E-state index contributed by atoms with van der Waals surface area (Å²) in [5.74, 6) is -0.243. The van der Waals surface area contributed by atoms with Gasteiger partial charge in [-0.25, -0.2) is 9.97 Å². The molecule has 1 amide bonds. The lowest BCUT2D eigenvalue weighted by Crippen LogP contribution is -2.42. The normalized spacial score (nSPS) is 21.9. The SMILES string of the molecule is CC1(C)C[C@@H]2CC[C@@H](c3nc(-c4ccc(C(C)(O)c5cccc(C(F)(F)F)c5)cc4)c4c(N)ncc(F)n34)CN2C1=O. The van der Waals surface area contributed by atoms with Crippen LogP contribution in [0.15, 0.2) is 54.7 Å². The van der Waals surface area contributed by atoms with Crippen molar-refractivity contribution in [2.75, 3.05) is 12.3 Å². The maximum Gasteiger partial charge on any atom is 0.416 e. The molecule has 4 heterocycles. The lowest BCUT2D eigenvalue weighted by molar-refractivity contribution is -0.138. The van der Waals surface area contributed by atoms with Gasteiger partial charge in [0.05, 0.1) is 11.8 Å². The lowest BCUT2D eigenvalue weighted by Gasteiger charge is -2.34. The number of aliphatic hydroxyl groups is 1. The highest BCUT2D eigenvalue weighted by molar-refractivity contribution is 5.86. The van der Waals surface area contributed by atoms with Gasteiger partial charge in [-0.1, -0.05) is 50.2 Å². The van der Waals surface area contributed by atoms with Gasteiger partial charge >= 0.3 is 6.18 Å².